The van der Waals surface area contributed by atoms with Gasteiger partial charge in [0.25, 0.3) is 0 Å². The highest BCUT2D eigenvalue weighted by Crippen LogP contribution is 2.07. The molecule has 0 amide bonds. The van der Waals surface area contributed by atoms with E-state index in [1.54, 1.807) is 19.9 Å². The fourth-order valence-corrected chi connectivity index (χ4v) is 0.622. The molecule has 0 aromatic heterocycles. The molecule has 0 bridgehead atoms. The van der Waals surface area contributed by atoms with E-state index in [-0.39, 0.29) is 5.76 Å². The summed E-state index contributed by atoms with van der Waals surface area (Å²) in [4.78, 5) is 0. The molecule has 0 aliphatic heterocycles. The summed E-state index contributed by atoms with van der Waals surface area (Å²) in [7, 11) is 0. The molecule has 0 atom stereocenters. The van der Waals surface area contributed by atoms with Crippen LogP contribution in [0.25, 0.3) is 0 Å². The fourth-order valence-electron chi connectivity index (χ4n) is 0.622. The maximum Gasteiger partial charge on any atom is 0.137 e. The maximum absolute atomic E-state index is 9.29. The molecule has 2 nitrogen and oxygen atoms in total. The highest BCUT2D eigenvalue weighted by atomic mass is 16.3. The zero-order valence-electron chi connectivity index (χ0n) is 7.31. The molecule has 0 saturated carbocycles. The molecular weight excluding hydrogens is 138 g/mol. The fraction of sp³-hybridized carbons (Fsp3) is 0.333. The van der Waals surface area contributed by atoms with E-state index in [0.717, 1.165) is 11.1 Å². The van der Waals surface area contributed by atoms with Crippen molar-refractivity contribution in [2.75, 3.05) is 0 Å². The summed E-state index contributed by atoms with van der Waals surface area (Å²) in [6.45, 7) is 9.07. The average Bonchev–Trinajstić information content (AvgIpc) is 1.84. The first-order chi connectivity index (χ1) is 4.95. The number of aliphatic hydroxyl groups is 1. The van der Waals surface area contributed by atoms with Crippen LogP contribution in [-0.2, 0) is 0 Å². The summed E-state index contributed by atoms with van der Waals surface area (Å²) in [6.07, 6.45) is 1.64. The van der Waals surface area contributed by atoms with Gasteiger partial charge in [0.05, 0.1) is 5.70 Å². The van der Waals surface area contributed by atoms with Crippen LogP contribution in [0.15, 0.2) is 35.3 Å². The first kappa shape index (κ1) is 9.82. The monoisotopic (exact) mass is 153 g/mol. The Balaban J connectivity index is 4.63. The minimum atomic E-state index is 0.146. The molecule has 0 unspecified atom stereocenters. The summed E-state index contributed by atoms with van der Waals surface area (Å²) in [5, 5.41) is 9.29. The Morgan fingerprint density at radius 2 is 1.82 bits per heavy atom. The topological polar surface area (TPSA) is 46.2 Å². The molecule has 2 heteroatoms. The zero-order chi connectivity index (χ0) is 9.02. The summed E-state index contributed by atoms with van der Waals surface area (Å²) in [5.41, 5.74) is 7.52. The lowest BCUT2D eigenvalue weighted by Gasteiger charge is -2.01. The van der Waals surface area contributed by atoms with Crippen molar-refractivity contribution in [1.82, 2.24) is 0 Å². The number of aliphatic hydroxyl groups excluding tert-OH is 1. The average molecular weight is 153 g/mol. The number of hydrogen-bond acceptors (Lipinski definition) is 2. The molecule has 0 aromatic rings. The van der Waals surface area contributed by atoms with E-state index in [2.05, 4.69) is 6.58 Å². The van der Waals surface area contributed by atoms with Gasteiger partial charge in [-0.3, -0.25) is 0 Å². The van der Waals surface area contributed by atoms with Crippen LogP contribution in [0.4, 0.5) is 0 Å². The van der Waals surface area contributed by atoms with E-state index in [0.29, 0.717) is 5.70 Å². The van der Waals surface area contributed by atoms with Crippen LogP contribution in [0, 0.1) is 0 Å². The second-order valence-corrected chi connectivity index (χ2v) is 2.79. The number of nitrogens with two attached hydrogens (primary N) is 1. The number of rotatable bonds is 2. The van der Waals surface area contributed by atoms with Crippen LogP contribution in [0.1, 0.15) is 20.8 Å². The summed E-state index contributed by atoms with van der Waals surface area (Å²) in [6, 6.07) is 0. The van der Waals surface area contributed by atoms with Crippen molar-refractivity contribution in [3.8, 4) is 0 Å². The molecule has 0 spiro atoms. The van der Waals surface area contributed by atoms with Gasteiger partial charge < -0.3 is 10.8 Å². The lowest BCUT2D eigenvalue weighted by atomic mass is 10.2. The highest BCUT2D eigenvalue weighted by Gasteiger charge is 1.98. The van der Waals surface area contributed by atoms with E-state index in [4.69, 9.17) is 5.73 Å². The Bertz CT molecular complexity index is 220. The van der Waals surface area contributed by atoms with Crippen LogP contribution in [0.5, 0.6) is 0 Å². The standard InChI is InChI=1S/C9H15NO/c1-6(2)5-8(10)9(11)7(3)4/h5,11H,1,10H2,2-4H3/b8-5+. The Hall–Kier alpha value is -1.18. The molecule has 11 heavy (non-hydrogen) atoms. The van der Waals surface area contributed by atoms with Gasteiger partial charge in [-0.1, -0.05) is 12.2 Å². The third kappa shape index (κ3) is 3.50. The predicted octanol–water partition coefficient (Wildman–Crippen LogP) is 2.26. The van der Waals surface area contributed by atoms with Crippen LogP contribution >= 0.6 is 0 Å². The third-order valence-corrected chi connectivity index (χ3v) is 1.15. The van der Waals surface area contributed by atoms with Gasteiger partial charge in [0.1, 0.15) is 5.76 Å². The van der Waals surface area contributed by atoms with Gasteiger partial charge in [-0.2, -0.15) is 0 Å². The van der Waals surface area contributed by atoms with Crippen molar-refractivity contribution in [3.63, 3.8) is 0 Å². The van der Waals surface area contributed by atoms with Crippen LogP contribution in [0.2, 0.25) is 0 Å². The van der Waals surface area contributed by atoms with Crippen molar-refractivity contribution < 1.29 is 5.11 Å². The molecule has 3 N–H and O–H groups in total. The van der Waals surface area contributed by atoms with E-state index < -0.39 is 0 Å². The largest absolute Gasteiger partial charge is 0.506 e. The highest BCUT2D eigenvalue weighted by molar-refractivity contribution is 5.30. The minimum absolute atomic E-state index is 0.146. The molecule has 0 aromatic carbocycles. The quantitative estimate of drug-likeness (QED) is 0.472. The molecule has 0 aliphatic rings. The Kier molecular flexibility index (Phi) is 3.45. The van der Waals surface area contributed by atoms with Crippen LogP contribution < -0.4 is 5.73 Å². The third-order valence-electron chi connectivity index (χ3n) is 1.15. The molecular formula is C9H15NO. The van der Waals surface area contributed by atoms with Crippen LogP contribution in [0.3, 0.4) is 0 Å². The summed E-state index contributed by atoms with van der Waals surface area (Å²) in [5.74, 6) is 0.146. The van der Waals surface area contributed by atoms with E-state index >= 15 is 0 Å². The summed E-state index contributed by atoms with van der Waals surface area (Å²) >= 11 is 0. The molecule has 0 saturated heterocycles. The molecule has 0 aliphatic carbocycles. The van der Waals surface area contributed by atoms with Gasteiger partial charge in [0.2, 0.25) is 0 Å². The van der Waals surface area contributed by atoms with E-state index in [9.17, 15) is 5.11 Å². The first-order valence-electron chi connectivity index (χ1n) is 3.44. The van der Waals surface area contributed by atoms with Gasteiger partial charge in [-0.25, -0.2) is 0 Å². The van der Waals surface area contributed by atoms with Gasteiger partial charge in [-0.15, -0.1) is 0 Å². The Labute approximate surface area is 67.7 Å². The smallest absolute Gasteiger partial charge is 0.137 e. The SMILES string of the molecule is C=C(C)/C=C(/N)C(O)=C(C)C. The van der Waals surface area contributed by atoms with Crippen molar-refractivity contribution >= 4 is 0 Å². The Morgan fingerprint density at radius 1 is 1.36 bits per heavy atom. The molecule has 0 rings (SSSR count). The number of hydrogen-bond donors (Lipinski definition) is 2. The van der Waals surface area contributed by atoms with E-state index in [1.165, 1.54) is 0 Å². The molecule has 0 radical (unpaired) electrons. The second-order valence-electron chi connectivity index (χ2n) is 2.79. The van der Waals surface area contributed by atoms with Crippen LogP contribution in [-0.4, -0.2) is 5.11 Å². The van der Waals surface area contributed by atoms with Gasteiger partial charge >= 0.3 is 0 Å². The Morgan fingerprint density at radius 3 is 2.09 bits per heavy atom. The first-order valence-corrected chi connectivity index (χ1v) is 3.44. The minimum Gasteiger partial charge on any atom is -0.506 e. The molecule has 0 heterocycles. The second kappa shape index (κ2) is 3.86. The van der Waals surface area contributed by atoms with Crippen molar-refractivity contribution in [1.29, 1.82) is 0 Å². The summed E-state index contributed by atoms with van der Waals surface area (Å²) < 4.78 is 0. The van der Waals surface area contributed by atoms with Gasteiger partial charge in [-0.05, 0) is 32.4 Å². The van der Waals surface area contributed by atoms with Crippen molar-refractivity contribution in [2.24, 2.45) is 5.73 Å². The number of allylic oxidation sites excluding steroid dienone is 3. The van der Waals surface area contributed by atoms with Crippen molar-refractivity contribution in [3.05, 3.63) is 35.3 Å². The molecule has 0 fully saturated rings. The lowest BCUT2D eigenvalue weighted by Crippen LogP contribution is -2.02. The van der Waals surface area contributed by atoms with Gasteiger partial charge in [0, 0.05) is 0 Å². The normalized spacial score (nSPS) is 11.0. The maximum atomic E-state index is 9.29. The van der Waals surface area contributed by atoms with Gasteiger partial charge in [0.15, 0.2) is 0 Å². The zero-order valence-corrected chi connectivity index (χ0v) is 7.31. The predicted molar refractivity (Wildman–Crippen MR) is 48.1 cm³/mol. The van der Waals surface area contributed by atoms with Crippen molar-refractivity contribution in [2.45, 2.75) is 20.8 Å². The van der Waals surface area contributed by atoms with E-state index in [1.807, 2.05) is 6.92 Å². The lowest BCUT2D eigenvalue weighted by molar-refractivity contribution is 0.415. The molecule has 62 valence electrons.